The van der Waals surface area contributed by atoms with Crippen molar-refractivity contribution in [1.82, 2.24) is 9.78 Å². The minimum absolute atomic E-state index is 0.192. The number of nitrogens with zero attached hydrogens (tertiary/aromatic N) is 2. The predicted octanol–water partition coefficient (Wildman–Crippen LogP) is 2.02. The quantitative estimate of drug-likeness (QED) is 0.791. The van der Waals surface area contributed by atoms with Crippen molar-refractivity contribution in [3.8, 4) is 0 Å². The summed E-state index contributed by atoms with van der Waals surface area (Å²) in [6.07, 6.45) is 0. The number of hydrogen-bond donors (Lipinski definition) is 1. The van der Waals surface area contributed by atoms with E-state index in [2.05, 4.69) is 37.1 Å². The predicted molar refractivity (Wildman–Crippen MR) is 65.2 cm³/mol. The van der Waals surface area contributed by atoms with E-state index in [4.69, 9.17) is 5.73 Å². The maximum atomic E-state index is 6.13. The van der Waals surface area contributed by atoms with E-state index in [1.54, 1.807) is 0 Å². The highest BCUT2D eigenvalue weighted by atomic mass is 15.3. The van der Waals surface area contributed by atoms with E-state index in [1.807, 2.05) is 17.8 Å². The van der Waals surface area contributed by atoms with Gasteiger partial charge in [-0.3, -0.25) is 4.68 Å². The van der Waals surface area contributed by atoms with Crippen LogP contribution in [0.3, 0.4) is 0 Å². The van der Waals surface area contributed by atoms with Gasteiger partial charge in [-0.2, -0.15) is 5.10 Å². The summed E-state index contributed by atoms with van der Waals surface area (Å²) in [5.41, 5.74) is 8.67. The summed E-state index contributed by atoms with van der Waals surface area (Å²) < 4.78 is 1.95. The van der Waals surface area contributed by atoms with Gasteiger partial charge in [0, 0.05) is 24.4 Å². The Morgan fingerprint density at radius 1 is 1.31 bits per heavy atom. The number of hydrogen-bond acceptors (Lipinski definition) is 2. The fourth-order valence-corrected chi connectivity index (χ4v) is 2.67. The summed E-state index contributed by atoms with van der Waals surface area (Å²) in [7, 11) is 1.99. The van der Waals surface area contributed by atoms with E-state index >= 15 is 0 Å². The van der Waals surface area contributed by atoms with Crippen molar-refractivity contribution in [1.29, 1.82) is 0 Å². The van der Waals surface area contributed by atoms with Gasteiger partial charge >= 0.3 is 0 Å². The van der Waals surface area contributed by atoms with Crippen LogP contribution in [0.4, 0.5) is 0 Å². The fraction of sp³-hybridized carbons (Fsp3) is 0.462. The zero-order valence-corrected chi connectivity index (χ0v) is 9.94. The van der Waals surface area contributed by atoms with E-state index in [9.17, 15) is 0 Å². The molecule has 1 aliphatic rings. The van der Waals surface area contributed by atoms with Crippen LogP contribution < -0.4 is 5.73 Å². The molecule has 1 saturated carbocycles. The first-order valence-electron chi connectivity index (χ1n) is 5.70. The zero-order chi connectivity index (χ0) is 11.5. The van der Waals surface area contributed by atoms with E-state index < -0.39 is 0 Å². The molecule has 84 valence electrons. The molecule has 2 atom stereocenters. The van der Waals surface area contributed by atoms with Crippen LogP contribution in [0.5, 0.6) is 0 Å². The molecule has 1 aromatic carbocycles. The van der Waals surface area contributed by atoms with E-state index in [-0.39, 0.29) is 11.5 Å². The average Bonchev–Trinajstić information content (AvgIpc) is 2.60. The maximum Gasteiger partial charge on any atom is 0.0755 e. The first-order valence-corrected chi connectivity index (χ1v) is 5.70. The molecule has 1 fully saturated rings. The summed E-state index contributed by atoms with van der Waals surface area (Å²) in [4.78, 5) is 0. The summed E-state index contributed by atoms with van der Waals surface area (Å²) in [6, 6.07) is 8.59. The average molecular weight is 215 g/mol. The molecule has 2 aromatic rings. The van der Waals surface area contributed by atoms with Gasteiger partial charge in [0.25, 0.3) is 0 Å². The molecule has 0 amide bonds. The third-order valence-corrected chi connectivity index (χ3v) is 3.99. The summed E-state index contributed by atoms with van der Waals surface area (Å²) in [5.74, 6) is 0.401. The van der Waals surface area contributed by atoms with Gasteiger partial charge in [-0.05, 0) is 11.5 Å². The first kappa shape index (κ1) is 9.85. The molecule has 16 heavy (non-hydrogen) atoms. The normalized spacial score (nSPS) is 27.2. The fourth-order valence-electron chi connectivity index (χ4n) is 2.67. The third-order valence-electron chi connectivity index (χ3n) is 3.99. The van der Waals surface area contributed by atoms with Crippen LogP contribution in [-0.2, 0) is 7.05 Å². The number of nitrogens with two attached hydrogens (primary N) is 1. The van der Waals surface area contributed by atoms with Gasteiger partial charge in [0.15, 0.2) is 0 Å². The van der Waals surface area contributed by atoms with Gasteiger partial charge < -0.3 is 5.73 Å². The second-order valence-electron chi connectivity index (χ2n) is 5.35. The van der Waals surface area contributed by atoms with Crippen molar-refractivity contribution in [2.45, 2.75) is 25.8 Å². The Kier molecular flexibility index (Phi) is 1.76. The molecule has 0 aliphatic heterocycles. The smallest absolute Gasteiger partial charge is 0.0755 e. The highest BCUT2D eigenvalue weighted by Gasteiger charge is 2.57. The highest BCUT2D eigenvalue weighted by molar-refractivity contribution is 5.83. The summed E-state index contributed by atoms with van der Waals surface area (Å²) in [5, 5.41) is 5.88. The summed E-state index contributed by atoms with van der Waals surface area (Å²) in [6.45, 7) is 4.43. The molecular weight excluding hydrogens is 198 g/mol. The Hall–Kier alpha value is -1.35. The first-order chi connectivity index (χ1) is 7.53. The number of rotatable bonds is 1. The lowest BCUT2D eigenvalue weighted by Gasteiger charge is -1.98. The van der Waals surface area contributed by atoms with Crippen LogP contribution in [0.15, 0.2) is 24.3 Å². The largest absolute Gasteiger partial charge is 0.327 e. The van der Waals surface area contributed by atoms with Gasteiger partial charge in [-0.1, -0.05) is 32.0 Å². The Balaban J connectivity index is 2.19. The van der Waals surface area contributed by atoms with Gasteiger partial charge in [0.1, 0.15) is 0 Å². The minimum atomic E-state index is 0.192. The van der Waals surface area contributed by atoms with Crippen molar-refractivity contribution in [2.75, 3.05) is 0 Å². The van der Waals surface area contributed by atoms with Gasteiger partial charge in [0.05, 0.1) is 11.2 Å². The van der Waals surface area contributed by atoms with Crippen LogP contribution in [0.2, 0.25) is 0 Å². The molecule has 0 unspecified atom stereocenters. The van der Waals surface area contributed by atoms with Crippen molar-refractivity contribution in [3.05, 3.63) is 30.0 Å². The van der Waals surface area contributed by atoms with Gasteiger partial charge in [0.2, 0.25) is 0 Å². The SMILES string of the molecule is Cn1nc([C@H]2[C@H](N)C2(C)C)c2ccccc21. The number of benzene rings is 1. The Labute approximate surface area is 95.2 Å². The van der Waals surface area contributed by atoms with E-state index in [0.29, 0.717) is 5.92 Å². The van der Waals surface area contributed by atoms with E-state index in [0.717, 1.165) is 5.69 Å². The molecule has 3 rings (SSSR count). The summed E-state index contributed by atoms with van der Waals surface area (Å²) >= 11 is 0. The lowest BCUT2D eigenvalue weighted by Crippen LogP contribution is -2.06. The molecule has 0 spiro atoms. The molecular formula is C13H17N3. The third kappa shape index (κ3) is 1.09. The van der Waals surface area contributed by atoms with Crippen molar-refractivity contribution in [3.63, 3.8) is 0 Å². The zero-order valence-electron chi connectivity index (χ0n) is 9.94. The van der Waals surface area contributed by atoms with Crippen molar-refractivity contribution in [2.24, 2.45) is 18.2 Å². The highest BCUT2D eigenvalue weighted by Crippen LogP contribution is 2.57. The Bertz CT molecular complexity index is 553. The van der Waals surface area contributed by atoms with E-state index in [1.165, 1.54) is 10.9 Å². The van der Waals surface area contributed by atoms with Crippen LogP contribution in [0, 0.1) is 5.41 Å². The molecule has 3 heteroatoms. The Morgan fingerprint density at radius 3 is 2.56 bits per heavy atom. The number of para-hydroxylation sites is 1. The molecule has 3 nitrogen and oxygen atoms in total. The van der Waals surface area contributed by atoms with Crippen LogP contribution in [-0.4, -0.2) is 15.8 Å². The van der Waals surface area contributed by atoms with Crippen LogP contribution in [0.1, 0.15) is 25.5 Å². The second kappa shape index (κ2) is 2.86. The van der Waals surface area contributed by atoms with Crippen LogP contribution in [0.25, 0.3) is 10.9 Å². The number of aromatic nitrogens is 2. The lowest BCUT2D eigenvalue weighted by atomic mass is 10.1. The molecule has 2 N–H and O–H groups in total. The maximum absolute atomic E-state index is 6.13. The molecule has 1 aliphatic carbocycles. The van der Waals surface area contributed by atoms with Crippen molar-refractivity contribution >= 4 is 10.9 Å². The number of fused-ring (bicyclic) bond motifs is 1. The monoisotopic (exact) mass is 215 g/mol. The standard InChI is InChI=1S/C13H17N3/c1-13(2)10(12(13)14)11-8-6-4-5-7-9(8)16(3)15-11/h4-7,10,12H,14H2,1-3H3/t10-,12-/m0/s1. The topological polar surface area (TPSA) is 43.8 Å². The minimum Gasteiger partial charge on any atom is -0.327 e. The molecule has 0 saturated heterocycles. The van der Waals surface area contributed by atoms with Gasteiger partial charge in [-0.15, -0.1) is 0 Å². The second-order valence-corrected chi connectivity index (χ2v) is 5.35. The molecule has 1 heterocycles. The Morgan fingerprint density at radius 2 is 1.94 bits per heavy atom. The molecule has 0 bridgehead atoms. The van der Waals surface area contributed by atoms with Gasteiger partial charge in [-0.25, -0.2) is 0 Å². The number of aryl methyl sites for hydroxylation is 1. The van der Waals surface area contributed by atoms with Crippen molar-refractivity contribution < 1.29 is 0 Å². The molecule has 0 radical (unpaired) electrons. The van der Waals surface area contributed by atoms with Crippen LogP contribution >= 0.6 is 0 Å². The molecule has 1 aromatic heterocycles. The lowest BCUT2D eigenvalue weighted by molar-refractivity contribution is 0.592.